The summed E-state index contributed by atoms with van der Waals surface area (Å²) in [7, 11) is 0. The summed E-state index contributed by atoms with van der Waals surface area (Å²) >= 11 is 3.11. The molecule has 0 amide bonds. The predicted octanol–water partition coefficient (Wildman–Crippen LogP) is 3.35. The van der Waals surface area contributed by atoms with Gasteiger partial charge in [-0.2, -0.15) is 5.26 Å². The van der Waals surface area contributed by atoms with Crippen molar-refractivity contribution in [2.24, 2.45) is 0 Å². The molecular weight excluding hydrogens is 224 g/mol. The van der Waals surface area contributed by atoms with Crippen LogP contribution >= 0.6 is 23.1 Å². The second kappa shape index (κ2) is 4.39. The molecule has 0 aliphatic heterocycles. The van der Waals surface area contributed by atoms with Crippen molar-refractivity contribution in [3.63, 3.8) is 0 Å². The van der Waals surface area contributed by atoms with E-state index in [0.29, 0.717) is 5.56 Å². The van der Waals surface area contributed by atoms with Crippen molar-refractivity contribution in [1.82, 2.24) is 0 Å². The smallest absolute Gasteiger partial charge is 0.101 e. The maximum Gasteiger partial charge on any atom is 0.101 e. The number of nitriles is 1. The summed E-state index contributed by atoms with van der Waals surface area (Å²) in [6.45, 7) is 0. The summed E-state index contributed by atoms with van der Waals surface area (Å²) in [4.78, 5) is 0.997. The highest BCUT2D eigenvalue weighted by Gasteiger charge is 2.07. The van der Waals surface area contributed by atoms with Gasteiger partial charge in [0.15, 0.2) is 0 Å². The molecule has 0 radical (unpaired) electrons. The third-order valence-electron chi connectivity index (χ3n) is 1.87. The van der Waals surface area contributed by atoms with Crippen LogP contribution in [0.3, 0.4) is 0 Å². The van der Waals surface area contributed by atoms with Gasteiger partial charge in [0.05, 0.1) is 9.77 Å². The van der Waals surface area contributed by atoms with Gasteiger partial charge in [0, 0.05) is 10.6 Å². The van der Waals surface area contributed by atoms with Gasteiger partial charge in [-0.1, -0.05) is 23.9 Å². The van der Waals surface area contributed by atoms with Crippen LogP contribution in [-0.4, -0.2) is 0 Å². The largest absolute Gasteiger partial charge is 0.398 e. The molecule has 0 fully saturated rings. The topological polar surface area (TPSA) is 49.8 Å². The number of rotatable bonds is 2. The Labute approximate surface area is 96.3 Å². The van der Waals surface area contributed by atoms with Gasteiger partial charge in [-0.05, 0) is 23.6 Å². The Morgan fingerprint density at radius 2 is 2.07 bits per heavy atom. The van der Waals surface area contributed by atoms with Crippen LogP contribution in [0.2, 0.25) is 0 Å². The number of benzene rings is 1. The van der Waals surface area contributed by atoms with Crippen molar-refractivity contribution in [3.05, 3.63) is 41.3 Å². The number of thiophene rings is 1. The Hall–Kier alpha value is -1.44. The van der Waals surface area contributed by atoms with Crippen molar-refractivity contribution in [2.45, 2.75) is 9.10 Å². The van der Waals surface area contributed by atoms with E-state index in [1.165, 1.54) is 0 Å². The maximum atomic E-state index is 8.87. The van der Waals surface area contributed by atoms with Crippen molar-refractivity contribution in [1.29, 1.82) is 5.26 Å². The molecule has 2 nitrogen and oxygen atoms in total. The van der Waals surface area contributed by atoms with Gasteiger partial charge in [-0.15, -0.1) is 11.3 Å². The minimum atomic E-state index is 0.716. The molecule has 0 atom stereocenters. The summed E-state index contributed by atoms with van der Waals surface area (Å²) in [5.41, 5.74) is 7.30. The van der Waals surface area contributed by atoms with E-state index in [4.69, 9.17) is 11.0 Å². The average Bonchev–Trinajstić information content (AvgIpc) is 2.69. The zero-order valence-electron chi connectivity index (χ0n) is 7.81. The summed E-state index contributed by atoms with van der Waals surface area (Å²) in [5.74, 6) is 0. The third-order valence-corrected chi connectivity index (χ3v) is 4.11. The van der Waals surface area contributed by atoms with Crippen LogP contribution < -0.4 is 5.73 Å². The molecule has 15 heavy (non-hydrogen) atoms. The zero-order chi connectivity index (χ0) is 10.7. The lowest BCUT2D eigenvalue weighted by Gasteiger charge is -2.02. The minimum Gasteiger partial charge on any atom is -0.398 e. The number of nitrogens with zero attached hydrogens (tertiary/aromatic N) is 1. The first-order valence-electron chi connectivity index (χ1n) is 4.31. The lowest BCUT2D eigenvalue weighted by molar-refractivity contribution is 1.43. The summed E-state index contributed by atoms with van der Waals surface area (Å²) in [5, 5.41) is 10.8. The first kappa shape index (κ1) is 10.1. The van der Waals surface area contributed by atoms with Crippen LogP contribution in [0.25, 0.3) is 0 Å². The van der Waals surface area contributed by atoms with Crippen molar-refractivity contribution >= 4 is 28.8 Å². The fourth-order valence-electron chi connectivity index (χ4n) is 1.13. The Kier molecular flexibility index (Phi) is 2.95. The number of nitrogens with two attached hydrogens (primary N) is 1. The van der Waals surface area contributed by atoms with Crippen LogP contribution in [0, 0.1) is 11.3 Å². The fraction of sp³-hybridized carbons (Fsp3) is 0. The first-order valence-corrected chi connectivity index (χ1v) is 6.01. The zero-order valence-corrected chi connectivity index (χ0v) is 9.44. The quantitative estimate of drug-likeness (QED) is 0.808. The number of para-hydroxylation sites is 1. The second-order valence-corrected chi connectivity index (χ2v) is 5.10. The fourth-order valence-corrected chi connectivity index (χ4v) is 3.08. The Morgan fingerprint density at radius 3 is 2.80 bits per heavy atom. The van der Waals surface area contributed by atoms with E-state index in [2.05, 4.69) is 6.07 Å². The SMILES string of the molecule is N#Cc1ccsc1Sc1ccccc1N. The van der Waals surface area contributed by atoms with Gasteiger partial charge >= 0.3 is 0 Å². The number of anilines is 1. The van der Waals surface area contributed by atoms with E-state index in [9.17, 15) is 0 Å². The molecule has 0 aliphatic carbocycles. The van der Waals surface area contributed by atoms with Crippen molar-refractivity contribution < 1.29 is 0 Å². The molecule has 0 bridgehead atoms. The Morgan fingerprint density at radius 1 is 1.27 bits per heavy atom. The van der Waals surface area contributed by atoms with Crippen LogP contribution in [0.1, 0.15) is 5.56 Å². The molecule has 0 saturated carbocycles. The van der Waals surface area contributed by atoms with E-state index in [-0.39, 0.29) is 0 Å². The number of hydrogen-bond donors (Lipinski definition) is 1. The standard InChI is InChI=1S/C11H8N2S2/c12-7-8-5-6-14-11(8)15-10-4-2-1-3-9(10)13/h1-6H,13H2. The molecule has 0 aliphatic rings. The highest BCUT2D eigenvalue weighted by Crippen LogP contribution is 2.36. The van der Waals surface area contributed by atoms with Crippen LogP contribution in [0.5, 0.6) is 0 Å². The lowest BCUT2D eigenvalue weighted by atomic mass is 10.3. The molecular formula is C11H8N2S2. The molecule has 0 saturated heterocycles. The monoisotopic (exact) mass is 232 g/mol. The van der Waals surface area contributed by atoms with Gasteiger partial charge < -0.3 is 5.73 Å². The summed E-state index contributed by atoms with van der Waals surface area (Å²) in [6.07, 6.45) is 0. The average molecular weight is 232 g/mol. The van der Waals surface area contributed by atoms with Crippen LogP contribution in [-0.2, 0) is 0 Å². The van der Waals surface area contributed by atoms with Gasteiger partial charge in [-0.3, -0.25) is 0 Å². The Bertz CT molecular complexity index is 511. The first-order chi connectivity index (χ1) is 7.31. The van der Waals surface area contributed by atoms with Crippen molar-refractivity contribution in [3.8, 4) is 6.07 Å². The van der Waals surface area contributed by atoms with Crippen molar-refractivity contribution in [2.75, 3.05) is 5.73 Å². The van der Waals surface area contributed by atoms with Gasteiger partial charge in [-0.25, -0.2) is 0 Å². The normalized spacial score (nSPS) is 9.80. The van der Waals surface area contributed by atoms with E-state index in [1.54, 1.807) is 23.1 Å². The molecule has 2 N–H and O–H groups in total. The van der Waals surface area contributed by atoms with Crippen LogP contribution in [0.4, 0.5) is 5.69 Å². The minimum absolute atomic E-state index is 0.716. The lowest BCUT2D eigenvalue weighted by Crippen LogP contribution is -1.86. The van der Waals surface area contributed by atoms with Gasteiger partial charge in [0.2, 0.25) is 0 Å². The number of nitrogen functional groups attached to an aromatic ring is 1. The maximum absolute atomic E-state index is 8.87. The van der Waals surface area contributed by atoms with Gasteiger partial charge in [0.25, 0.3) is 0 Å². The molecule has 2 aromatic rings. The van der Waals surface area contributed by atoms with Crippen LogP contribution in [0.15, 0.2) is 44.8 Å². The predicted molar refractivity (Wildman–Crippen MR) is 64.0 cm³/mol. The summed E-state index contributed by atoms with van der Waals surface area (Å²) < 4.78 is 0.996. The van der Waals surface area contributed by atoms with E-state index in [0.717, 1.165) is 14.8 Å². The molecule has 74 valence electrons. The molecule has 0 spiro atoms. The molecule has 1 heterocycles. The van der Waals surface area contributed by atoms with E-state index in [1.807, 2.05) is 35.7 Å². The van der Waals surface area contributed by atoms with Gasteiger partial charge in [0.1, 0.15) is 6.07 Å². The molecule has 0 unspecified atom stereocenters. The Balaban J connectivity index is 2.31. The highest BCUT2D eigenvalue weighted by molar-refractivity contribution is 8.01. The number of hydrogen-bond acceptors (Lipinski definition) is 4. The molecule has 1 aromatic heterocycles. The summed E-state index contributed by atoms with van der Waals surface area (Å²) in [6, 6.07) is 11.7. The highest BCUT2D eigenvalue weighted by atomic mass is 32.2. The molecule has 2 rings (SSSR count). The molecule has 4 heteroatoms. The van der Waals surface area contributed by atoms with E-state index >= 15 is 0 Å². The second-order valence-electron chi connectivity index (χ2n) is 2.87. The van der Waals surface area contributed by atoms with E-state index < -0.39 is 0 Å². The third kappa shape index (κ3) is 2.14. The molecule has 1 aromatic carbocycles.